The number of aryl methyl sites for hydroxylation is 1. The number of nitrogen functional groups attached to an aromatic ring is 1. The van der Waals surface area contributed by atoms with Crippen LogP contribution in [0.25, 0.3) is 0 Å². The smallest absolute Gasteiger partial charge is 0.224 e. The molecule has 1 aromatic carbocycles. The summed E-state index contributed by atoms with van der Waals surface area (Å²) in [5.41, 5.74) is 8.23. The Labute approximate surface area is 88.4 Å². The summed E-state index contributed by atoms with van der Waals surface area (Å²) in [5.74, 6) is 0.629. The Hall–Kier alpha value is -1.71. The maximum absolute atomic E-state index is 11.4. The van der Waals surface area contributed by atoms with Gasteiger partial charge >= 0.3 is 0 Å². The Morgan fingerprint density at radius 1 is 1.40 bits per heavy atom. The lowest BCUT2D eigenvalue weighted by Crippen LogP contribution is -2.11. The van der Waals surface area contributed by atoms with E-state index < -0.39 is 0 Å². The minimum Gasteiger partial charge on any atom is -0.495 e. The third-order valence-electron chi connectivity index (χ3n) is 2.63. The van der Waals surface area contributed by atoms with E-state index in [4.69, 9.17) is 10.5 Å². The maximum Gasteiger partial charge on any atom is 0.224 e. The first-order valence-corrected chi connectivity index (χ1v) is 4.97. The largest absolute Gasteiger partial charge is 0.495 e. The van der Waals surface area contributed by atoms with Crippen molar-refractivity contribution >= 4 is 17.3 Å². The first-order valence-electron chi connectivity index (χ1n) is 4.97. The molecule has 1 aliphatic rings. The molecule has 4 nitrogen and oxygen atoms in total. The maximum atomic E-state index is 11.4. The fourth-order valence-corrected chi connectivity index (χ4v) is 1.82. The zero-order valence-corrected chi connectivity index (χ0v) is 8.67. The summed E-state index contributed by atoms with van der Waals surface area (Å²) in [6.45, 7) is 0. The second kappa shape index (κ2) is 3.81. The molecule has 0 atom stereocenters. The van der Waals surface area contributed by atoms with E-state index in [0.29, 0.717) is 17.9 Å². The quantitative estimate of drug-likeness (QED) is 0.685. The molecule has 15 heavy (non-hydrogen) atoms. The monoisotopic (exact) mass is 206 g/mol. The topological polar surface area (TPSA) is 64.3 Å². The molecule has 3 N–H and O–H groups in total. The van der Waals surface area contributed by atoms with Gasteiger partial charge in [0.25, 0.3) is 0 Å². The molecule has 1 amide bonds. The fraction of sp³-hybridized carbons (Fsp3) is 0.364. The van der Waals surface area contributed by atoms with Gasteiger partial charge in [-0.25, -0.2) is 0 Å². The van der Waals surface area contributed by atoms with Crippen LogP contribution in [0.5, 0.6) is 5.75 Å². The third kappa shape index (κ3) is 1.75. The van der Waals surface area contributed by atoms with Gasteiger partial charge in [-0.05, 0) is 24.5 Å². The van der Waals surface area contributed by atoms with E-state index in [1.54, 1.807) is 7.11 Å². The number of carbonyl (C=O) groups is 1. The second-order valence-electron chi connectivity index (χ2n) is 3.62. The lowest BCUT2D eigenvalue weighted by atomic mass is 10.1. The Morgan fingerprint density at radius 2 is 2.20 bits per heavy atom. The number of fused-ring (bicyclic) bond motifs is 1. The second-order valence-corrected chi connectivity index (χ2v) is 3.62. The summed E-state index contributed by atoms with van der Waals surface area (Å²) < 4.78 is 5.11. The molecule has 0 spiro atoms. The number of hydrogen-bond donors (Lipinski definition) is 2. The SMILES string of the molecule is COc1ccc2c(c1N)NC(=O)CCC2. The van der Waals surface area contributed by atoms with Crippen LogP contribution >= 0.6 is 0 Å². The molecule has 1 aliphatic heterocycles. The summed E-state index contributed by atoms with van der Waals surface area (Å²) in [4.78, 5) is 11.4. The van der Waals surface area contributed by atoms with Gasteiger partial charge in [0.1, 0.15) is 5.75 Å². The van der Waals surface area contributed by atoms with Crippen LogP contribution in [0, 0.1) is 0 Å². The summed E-state index contributed by atoms with van der Waals surface area (Å²) in [6, 6.07) is 3.79. The predicted molar refractivity (Wildman–Crippen MR) is 59.0 cm³/mol. The molecule has 1 aromatic rings. The Morgan fingerprint density at radius 3 is 2.93 bits per heavy atom. The van der Waals surface area contributed by atoms with Crippen LogP contribution in [0.1, 0.15) is 18.4 Å². The van der Waals surface area contributed by atoms with Crippen molar-refractivity contribution in [2.75, 3.05) is 18.2 Å². The van der Waals surface area contributed by atoms with Gasteiger partial charge in [-0.15, -0.1) is 0 Å². The average molecular weight is 206 g/mol. The predicted octanol–water partition coefficient (Wildman–Crippen LogP) is 1.55. The molecule has 0 saturated carbocycles. The van der Waals surface area contributed by atoms with E-state index in [0.717, 1.165) is 24.1 Å². The number of benzene rings is 1. The highest BCUT2D eigenvalue weighted by Gasteiger charge is 2.17. The first-order chi connectivity index (χ1) is 7.22. The van der Waals surface area contributed by atoms with Crippen molar-refractivity contribution in [1.29, 1.82) is 0 Å². The highest BCUT2D eigenvalue weighted by molar-refractivity contribution is 5.96. The molecule has 0 bridgehead atoms. The Balaban J connectivity index is 2.49. The van der Waals surface area contributed by atoms with Crippen LogP contribution in [0.3, 0.4) is 0 Å². The van der Waals surface area contributed by atoms with E-state index in [1.165, 1.54) is 0 Å². The summed E-state index contributed by atoms with van der Waals surface area (Å²) >= 11 is 0. The van der Waals surface area contributed by atoms with Crippen molar-refractivity contribution < 1.29 is 9.53 Å². The molecule has 1 heterocycles. The van der Waals surface area contributed by atoms with Gasteiger partial charge in [0.2, 0.25) is 5.91 Å². The van der Waals surface area contributed by atoms with Crippen molar-refractivity contribution in [3.63, 3.8) is 0 Å². The summed E-state index contributed by atoms with van der Waals surface area (Å²) in [6.07, 6.45) is 2.29. The Kier molecular flexibility index (Phi) is 2.49. The van der Waals surface area contributed by atoms with Crippen molar-refractivity contribution in [3.05, 3.63) is 17.7 Å². The molecular formula is C11H14N2O2. The van der Waals surface area contributed by atoms with E-state index in [-0.39, 0.29) is 5.91 Å². The van der Waals surface area contributed by atoms with Crippen LogP contribution < -0.4 is 15.8 Å². The number of nitrogens with one attached hydrogen (secondary N) is 1. The van der Waals surface area contributed by atoms with Crippen molar-refractivity contribution in [2.45, 2.75) is 19.3 Å². The number of carbonyl (C=O) groups excluding carboxylic acids is 1. The average Bonchev–Trinajstić information content (AvgIpc) is 2.41. The summed E-state index contributed by atoms with van der Waals surface area (Å²) in [5, 5.41) is 2.82. The van der Waals surface area contributed by atoms with Crippen LogP contribution in [0.2, 0.25) is 0 Å². The number of anilines is 2. The number of hydrogen-bond acceptors (Lipinski definition) is 3. The lowest BCUT2D eigenvalue weighted by Gasteiger charge is -2.13. The van der Waals surface area contributed by atoms with E-state index in [9.17, 15) is 4.79 Å². The minimum absolute atomic E-state index is 0.0219. The van der Waals surface area contributed by atoms with E-state index in [1.807, 2.05) is 12.1 Å². The lowest BCUT2D eigenvalue weighted by molar-refractivity contribution is -0.116. The highest BCUT2D eigenvalue weighted by atomic mass is 16.5. The van der Waals surface area contributed by atoms with Gasteiger partial charge in [0, 0.05) is 6.42 Å². The number of methoxy groups -OCH3 is 1. The minimum atomic E-state index is 0.0219. The van der Waals surface area contributed by atoms with Gasteiger partial charge < -0.3 is 15.8 Å². The zero-order valence-electron chi connectivity index (χ0n) is 8.67. The molecule has 0 radical (unpaired) electrons. The standard InChI is InChI=1S/C11H14N2O2/c1-15-8-6-5-7-3-2-4-9(14)13-11(7)10(8)12/h5-6H,2-4,12H2,1H3,(H,13,14). The van der Waals surface area contributed by atoms with Gasteiger partial charge in [-0.1, -0.05) is 6.07 Å². The fourth-order valence-electron chi connectivity index (χ4n) is 1.82. The molecule has 4 heteroatoms. The van der Waals surface area contributed by atoms with Crippen LogP contribution in [0.15, 0.2) is 12.1 Å². The van der Waals surface area contributed by atoms with Crippen molar-refractivity contribution in [3.8, 4) is 5.75 Å². The molecular weight excluding hydrogens is 192 g/mol. The van der Waals surface area contributed by atoms with Crippen LogP contribution in [-0.4, -0.2) is 13.0 Å². The first kappa shape index (κ1) is 9.83. The van der Waals surface area contributed by atoms with Gasteiger partial charge in [0.15, 0.2) is 0 Å². The van der Waals surface area contributed by atoms with Crippen molar-refractivity contribution in [2.24, 2.45) is 0 Å². The number of amides is 1. The van der Waals surface area contributed by atoms with Crippen molar-refractivity contribution in [1.82, 2.24) is 0 Å². The number of rotatable bonds is 1. The molecule has 2 rings (SSSR count). The third-order valence-corrected chi connectivity index (χ3v) is 2.63. The number of ether oxygens (including phenoxy) is 1. The van der Waals surface area contributed by atoms with Gasteiger partial charge in [-0.3, -0.25) is 4.79 Å². The molecule has 0 fully saturated rings. The Bertz CT molecular complexity index is 402. The van der Waals surface area contributed by atoms with E-state index in [2.05, 4.69) is 5.32 Å². The molecule has 0 unspecified atom stereocenters. The zero-order chi connectivity index (χ0) is 10.8. The highest BCUT2D eigenvalue weighted by Crippen LogP contribution is 2.35. The van der Waals surface area contributed by atoms with Gasteiger partial charge in [-0.2, -0.15) is 0 Å². The van der Waals surface area contributed by atoms with Crippen LogP contribution in [0.4, 0.5) is 11.4 Å². The molecule has 0 saturated heterocycles. The molecule has 0 aliphatic carbocycles. The van der Waals surface area contributed by atoms with Gasteiger partial charge in [0.05, 0.1) is 18.5 Å². The molecule has 80 valence electrons. The molecule has 0 aromatic heterocycles. The number of nitrogens with two attached hydrogens (primary N) is 1. The normalized spacial score (nSPS) is 15.1. The van der Waals surface area contributed by atoms with Crippen LogP contribution in [-0.2, 0) is 11.2 Å². The summed E-state index contributed by atoms with van der Waals surface area (Å²) in [7, 11) is 1.57. The van der Waals surface area contributed by atoms with E-state index >= 15 is 0 Å².